The van der Waals surface area contributed by atoms with E-state index < -0.39 is 0 Å². The number of benzene rings is 1. The molecule has 3 aromatic rings. The van der Waals surface area contributed by atoms with Crippen LogP contribution in [0.1, 0.15) is 18.2 Å². The fourth-order valence-electron chi connectivity index (χ4n) is 4.05. The molecule has 0 N–H and O–H groups in total. The average Bonchev–Trinajstić information content (AvgIpc) is 3.31. The molecule has 0 aliphatic carbocycles. The van der Waals surface area contributed by atoms with Gasteiger partial charge in [0, 0.05) is 49.3 Å². The lowest BCUT2D eigenvalue weighted by molar-refractivity contribution is 0.149. The van der Waals surface area contributed by atoms with E-state index in [9.17, 15) is 4.79 Å². The van der Waals surface area contributed by atoms with Crippen LogP contribution in [0.5, 0.6) is 0 Å². The van der Waals surface area contributed by atoms with E-state index in [1.807, 2.05) is 46.5 Å². The fraction of sp³-hybridized carbons (Fsp3) is 0.261. The topological polar surface area (TPSA) is 52.6 Å². The summed E-state index contributed by atoms with van der Waals surface area (Å²) in [5.74, 6) is 0. The third-order valence-corrected chi connectivity index (χ3v) is 6.88. The minimum atomic E-state index is -0.0248. The first-order valence-electron chi connectivity index (χ1n) is 10.1. The zero-order valence-electron chi connectivity index (χ0n) is 16.8. The number of carbonyl (C=O) groups excluding carboxylic acids is 1. The Morgan fingerprint density at radius 1 is 1.07 bits per heavy atom. The van der Waals surface area contributed by atoms with Crippen LogP contribution in [0.3, 0.4) is 0 Å². The molecule has 1 aromatic carbocycles. The van der Waals surface area contributed by atoms with Crippen LogP contribution >= 0.6 is 11.8 Å². The number of hydrogen-bond acceptors (Lipinski definition) is 5. The van der Waals surface area contributed by atoms with E-state index in [0.717, 1.165) is 28.6 Å². The van der Waals surface area contributed by atoms with Gasteiger partial charge in [-0.3, -0.25) is 14.9 Å². The standard InChI is InChI=1S/C23H23N5OS/c1-17-16-30-23(28(17)14-18-5-4-9-24-13-18)27-12-11-26(22(27)29)15-21-20-7-3-2-6-19(20)8-10-25-21/h2-10,13,16,23H,11-12,14-15H2,1H3. The molecule has 30 heavy (non-hydrogen) atoms. The largest absolute Gasteiger partial charge is 0.341 e. The van der Waals surface area contributed by atoms with Crippen molar-refractivity contribution in [2.24, 2.45) is 0 Å². The lowest BCUT2D eigenvalue weighted by atomic mass is 10.1. The first-order valence-corrected chi connectivity index (χ1v) is 11.0. The molecule has 1 fully saturated rings. The summed E-state index contributed by atoms with van der Waals surface area (Å²) in [6, 6.07) is 14.3. The minimum Gasteiger partial charge on any atom is -0.341 e. The minimum absolute atomic E-state index is 0.0248. The first-order chi connectivity index (χ1) is 14.7. The molecule has 1 saturated heterocycles. The molecule has 1 atom stereocenters. The molecule has 0 spiro atoms. The summed E-state index contributed by atoms with van der Waals surface area (Å²) >= 11 is 1.70. The molecule has 0 saturated carbocycles. The SMILES string of the molecule is CC1=CSC(N2CCN(Cc3nccc4ccccc34)C2=O)N1Cc1cccnc1. The smallest absolute Gasteiger partial charge is 0.322 e. The lowest BCUT2D eigenvalue weighted by Crippen LogP contribution is -2.45. The monoisotopic (exact) mass is 417 g/mol. The molecule has 5 rings (SSSR count). The van der Waals surface area contributed by atoms with Crippen molar-refractivity contribution in [3.8, 4) is 0 Å². The molecule has 152 valence electrons. The van der Waals surface area contributed by atoms with Crippen molar-refractivity contribution in [3.63, 3.8) is 0 Å². The van der Waals surface area contributed by atoms with Crippen LogP contribution in [0, 0.1) is 0 Å². The van der Waals surface area contributed by atoms with Gasteiger partial charge in [-0.15, -0.1) is 0 Å². The summed E-state index contributed by atoms with van der Waals surface area (Å²) < 4.78 is 0. The fourth-order valence-corrected chi connectivity index (χ4v) is 5.23. The van der Waals surface area contributed by atoms with Crippen LogP contribution in [-0.4, -0.2) is 49.3 Å². The Balaban J connectivity index is 1.33. The Hall–Kier alpha value is -3.06. The van der Waals surface area contributed by atoms with Crippen LogP contribution in [0.15, 0.2) is 72.2 Å². The maximum Gasteiger partial charge on any atom is 0.322 e. The molecular weight excluding hydrogens is 394 g/mol. The number of carbonyl (C=O) groups is 1. The van der Waals surface area contributed by atoms with Crippen molar-refractivity contribution < 1.29 is 4.79 Å². The summed E-state index contributed by atoms with van der Waals surface area (Å²) in [5.41, 5.74) is 3.24. The maximum absolute atomic E-state index is 13.3. The van der Waals surface area contributed by atoms with Crippen LogP contribution in [0.4, 0.5) is 4.79 Å². The van der Waals surface area contributed by atoms with E-state index in [1.54, 1.807) is 18.0 Å². The molecule has 2 aliphatic rings. The number of fused-ring (bicyclic) bond motifs is 1. The number of pyridine rings is 2. The van der Waals surface area contributed by atoms with E-state index >= 15 is 0 Å². The highest BCUT2D eigenvalue weighted by Crippen LogP contribution is 2.36. The summed E-state index contributed by atoms with van der Waals surface area (Å²) in [6.45, 7) is 4.79. The average molecular weight is 418 g/mol. The Bertz CT molecular complexity index is 1100. The van der Waals surface area contributed by atoms with Gasteiger partial charge in [-0.25, -0.2) is 4.79 Å². The number of amides is 2. The van der Waals surface area contributed by atoms with Gasteiger partial charge in [0.1, 0.15) is 0 Å². The van der Waals surface area contributed by atoms with Gasteiger partial charge in [-0.05, 0) is 35.4 Å². The van der Waals surface area contributed by atoms with E-state index in [2.05, 4.69) is 45.4 Å². The van der Waals surface area contributed by atoms with Gasteiger partial charge in [0.15, 0.2) is 5.50 Å². The van der Waals surface area contributed by atoms with Crippen molar-refractivity contribution in [1.29, 1.82) is 0 Å². The van der Waals surface area contributed by atoms with Gasteiger partial charge in [0.05, 0.1) is 12.2 Å². The molecule has 0 radical (unpaired) electrons. The van der Waals surface area contributed by atoms with Crippen LogP contribution in [-0.2, 0) is 13.1 Å². The zero-order valence-corrected chi connectivity index (χ0v) is 17.6. The van der Waals surface area contributed by atoms with Gasteiger partial charge in [-0.2, -0.15) is 0 Å². The Labute approximate surface area is 180 Å². The second-order valence-electron chi connectivity index (χ2n) is 7.59. The highest BCUT2D eigenvalue weighted by atomic mass is 32.2. The van der Waals surface area contributed by atoms with Crippen molar-refractivity contribution in [2.45, 2.75) is 25.5 Å². The van der Waals surface area contributed by atoms with Crippen molar-refractivity contribution in [3.05, 3.63) is 83.4 Å². The summed E-state index contributed by atoms with van der Waals surface area (Å²) in [5, 5.41) is 4.40. The van der Waals surface area contributed by atoms with E-state index in [0.29, 0.717) is 19.6 Å². The predicted octanol–water partition coefficient (Wildman–Crippen LogP) is 4.26. The van der Waals surface area contributed by atoms with Gasteiger partial charge in [0.2, 0.25) is 0 Å². The van der Waals surface area contributed by atoms with E-state index in [1.165, 1.54) is 5.70 Å². The highest BCUT2D eigenvalue weighted by Gasteiger charge is 2.39. The Morgan fingerprint density at radius 3 is 2.83 bits per heavy atom. The molecular formula is C23H23N5OS. The lowest BCUT2D eigenvalue weighted by Gasteiger charge is -2.34. The molecule has 6 nitrogen and oxygen atoms in total. The number of rotatable bonds is 5. The van der Waals surface area contributed by atoms with Crippen molar-refractivity contribution >= 4 is 28.6 Å². The van der Waals surface area contributed by atoms with Gasteiger partial charge in [0.25, 0.3) is 0 Å². The first kappa shape index (κ1) is 18.9. The third-order valence-electron chi connectivity index (χ3n) is 5.65. The number of hydrogen-bond donors (Lipinski definition) is 0. The van der Waals surface area contributed by atoms with Gasteiger partial charge >= 0.3 is 6.03 Å². The summed E-state index contributed by atoms with van der Waals surface area (Å²) in [4.78, 5) is 28.2. The molecule has 2 aliphatic heterocycles. The van der Waals surface area contributed by atoms with Gasteiger partial charge in [-0.1, -0.05) is 42.1 Å². The van der Waals surface area contributed by atoms with Crippen LogP contribution in [0.2, 0.25) is 0 Å². The van der Waals surface area contributed by atoms with Gasteiger partial charge < -0.3 is 9.80 Å². The second kappa shape index (κ2) is 7.99. The molecule has 1 unspecified atom stereocenters. The molecule has 4 heterocycles. The Kier molecular flexibility index (Phi) is 5.04. The van der Waals surface area contributed by atoms with E-state index in [-0.39, 0.29) is 11.5 Å². The molecule has 7 heteroatoms. The molecule has 2 amide bonds. The number of nitrogens with zero attached hydrogens (tertiary/aromatic N) is 5. The van der Waals surface area contributed by atoms with E-state index in [4.69, 9.17) is 0 Å². The molecule has 0 bridgehead atoms. The number of aromatic nitrogens is 2. The van der Waals surface area contributed by atoms with Crippen LogP contribution < -0.4 is 0 Å². The number of allylic oxidation sites excluding steroid dienone is 1. The third kappa shape index (κ3) is 3.50. The summed E-state index contributed by atoms with van der Waals surface area (Å²) in [6.07, 6.45) is 5.49. The quantitative estimate of drug-likeness (QED) is 0.621. The molecule has 2 aromatic heterocycles. The maximum atomic E-state index is 13.3. The number of thioether (sulfide) groups is 1. The van der Waals surface area contributed by atoms with Crippen LogP contribution in [0.25, 0.3) is 10.8 Å². The Morgan fingerprint density at radius 2 is 1.97 bits per heavy atom. The van der Waals surface area contributed by atoms with Crippen molar-refractivity contribution in [2.75, 3.05) is 13.1 Å². The normalized spacial score (nSPS) is 19.1. The predicted molar refractivity (Wildman–Crippen MR) is 119 cm³/mol. The highest BCUT2D eigenvalue weighted by molar-refractivity contribution is 8.02. The number of urea groups is 1. The zero-order chi connectivity index (χ0) is 20.5. The second-order valence-corrected chi connectivity index (χ2v) is 8.52. The van der Waals surface area contributed by atoms with Crippen molar-refractivity contribution in [1.82, 2.24) is 24.7 Å². The summed E-state index contributed by atoms with van der Waals surface area (Å²) in [7, 11) is 0.